The van der Waals surface area contributed by atoms with E-state index < -0.39 is 0 Å². The van der Waals surface area contributed by atoms with Gasteiger partial charge in [0.2, 0.25) is 5.91 Å². The number of carbonyl (C=O) groups excluding carboxylic acids is 2. The number of aromatic nitrogens is 2. The number of piperazine rings is 1. The first kappa shape index (κ1) is 21.1. The van der Waals surface area contributed by atoms with Crippen molar-refractivity contribution in [2.45, 2.75) is 0 Å². The van der Waals surface area contributed by atoms with Gasteiger partial charge in [-0.05, 0) is 54.6 Å². The number of fused-ring (bicyclic) bond motifs is 1. The van der Waals surface area contributed by atoms with Crippen molar-refractivity contribution in [3.05, 3.63) is 78.4 Å². The molecule has 1 saturated heterocycles. The Bertz CT molecular complexity index is 1280. The van der Waals surface area contributed by atoms with E-state index in [1.807, 2.05) is 35.2 Å². The van der Waals surface area contributed by atoms with Gasteiger partial charge in [0.15, 0.2) is 5.13 Å². The molecule has 7 nitrogen and oxygen atoms in total. The van der Waals surface area contributed by atoms with Crippen LogP contribution < -0.4 is 10.2 Å². The lowest BCUT2D eigenvalue weighted by Gasteiger charge is -2.36. The summed E-state index contributed by atoms with van der Waals surface area (Å²) in [4.78, 5) is 33.7. The van der Waals surface area contributed by atoms with Crippen molar-refractivity contribution in [3.8, 4) is 5.13 Å². The second-order valence-electron chi connectivity index (χ2n) is 7.80. The molecule has 0 saturated carbocycles. The highest BCUT2D eigenvalue weighted by molar-refractivity contribution is 7.20. The van der Waals surface area contributed by atoms with Crippen LogP contribution in [0.3, 0.4) is 0 Å². The van der Waals surface area contributed by atoms with Gasteiger partial charge in [0, 0.05) is 49.8 Å². The molecule has 0 radical (unpaired) electrons. The standard InChI is InChI=1S/C24H22FN5O2S/c25-18-4-6-19(7-5-18)28-11-13-29(14-12-28)22(31)16-26-23(32)17-3-8-20-21(15-17)33-24(27-20)30-9-1-2-10-30/h1-10,15H,11-14,16H2,(H,26,32). The van der Waals surface area contributed by atoms with Crippen LogP contribution in [-0.2, 0) is 4.79 Å². The maximum absolute atomic E-state index is 13.1. The Balaban J connectivity index is 1.16. The van der Waals surface area contributed by atoms with Crippen LogP contribution in [0.25, 0.3) is 15.3 Å². The Morgan fingerprint density at radius 3 is 2.45 bits per heavy atom. The van der Waals surface area contributed by atoms with Crippen LogP contribution in [0.4, 0.5) is 10.1 Å². The Morgan fingerprint density at radius 2 is 1.73 bits per heavy atom. The molecule has 0 aliphatic carbocycles. The molecule has 2 amide bonds. The molecule has 0 bridgehead atoms. The summed E-state index contributed by atoms with van der Waals surface area (Å²) in [6, 6.07) is 15.6. The molecule has 168 valence electrons. The van der Waals surface area contributed by atoms with Crippen LogP contribution in [0.2, 0.25) is 0 Å². The molecule has 3 heterocycles. The van der Waals surface area contributed by atoms with Gasteiger partial charge in [-0.1, -0.05) is 11.3 Å². The zero-order chi connectivity index (χ0) is 22.8. The first-order chi connectivity index (χ1) is 16.1. The zero-order valence-electron chi connectivity index (χ0n) is 17.8. The van der Waals surface area contributed by atoms with E-state index in [1.165, 1.54) is 23.5 Å². The molecule has 1 aliphatic heterocycles. The number of benzene rings is 2. The van der Waals surface area contributed by atoms with Crippen molar-refractivity contribution in [1.82, 2.24) is 19.8 Å². The fourth-order valence-corrected chi connectivity index (χ4v) is 4.83. The Labute approximate surface area is 194 Å². The number of anilines is 1. The molecule has 2 aromatic carbocycles. The normalized spacial score (nSPS) is 14.0. The number of nitrogens with zero attached hydrogens (tertiary/aromatic N) is 4. The molecule has 1 aliphatic rings. The third kappa shape index (κ3) is 4.58. The minimum atomic E-state index is -0.286. The van der Waals surface area contributed by atoms with E-state index in [0.29, 0.717) is 31.7 Å². The van der Waals surface area contributed by atoms with Crippen molar-refractivity contribution >= 4 is 39.1 Å². The van der Waals surface area contributed by atoms with Gasteiger partial charge in [0.25, 0.3) is 5.91 Å². The van der Waals surface area contributed by atoms with Gasteiger partial charge in [-0.25, -0.2) is 9.37 Å². The number of carbonyl (C=O) groups is 2. The predicted molar refractivity (Wildman–Crippen MR) is 126 cm³/mol. The number of hydrogen-bond donors (Lipinski definition) is 1. The highest BCUT2D eigenvalue weighted by Crippen LogP contribution is 2.26. The summed E-state index contributed by atoms with van der Waals surface area (Å²) < 4.78 is 16.0. The summed E-state index contributed by atoms with van der Waals surface area (Å²) in [7, 11) is 0. The number of halogens is 1. The monoisotopic (exact) mass is 463 g/mol. The number of rotatable bonds is 5. The van der Waals surface area contributed by atoms with Gasteiger partial charge >= 0.3 is 0 Å². The smallest absolute Gasteiger partial charge is 0.251 e. The highest BCUT2D eigenvalue weighted by Gasteiger charge is 2.22. The number of thiazole rings is 1. The van der Waals surface area contributed by atoms with E-state index in [-0.39, 0.29) is 24.2 Å². The molecule has 0 unspecified atom stereocenters. The van der Waals surface area contributed by atoms with E-state index in [9.17, 15) is 14.0 Å². The van der Waals surface area contributed by atoms with Crippen molar-refractivity contribution in [2.75, 3.05) is 37.6 Å². The molecule has 4 aromatic rings. The molecule has 1 fully saturated rings. The summed E-state index contributed by atoms with van der Waals surface area (Å²) in [6.07, 6.45) is 3.85. The maximum Gasteiger partial charge on any atom is 0.251 e. The largest absolute Gasteiger partial charge is 0.368 e. The van der Waals surface area contributed by atoms with E-state index in [1.54, 1.807) is 29.2 Å². The lowest BCUT2D eigenvalue weighted by molar-refractivity contribution is -0.130. The number of amides is 2. The van der Waals surface area contributed by atoms with Crippen molar-refractivity contribution in [1.29, 1.82) is 0 Å². The number of hydrogen-bond acceptors (Lipinski definition) is 5. The van der Waals surface area contributed by atoms with E-state index in [0.717, 1.165) is 21.0 Å². The summed E-state index contributed by atoms with van der Waals surface area (Å²) >= 11 is 1.50. The van der Waals surface area contributed by atoms with Crippen LogP contribution >= 0.6 is 11.3 Å². The van der Waals surface area contributed by atoms with Crippen LogP contribution in [0.5, 0.6) is 0 Å². The molecule has 0 spiro atoms. The van der Waals surface area contributed by atoms with Gasteiger partial charge in [-0.3, -0.25) is 9.59 Å². The fraction of sp³-hybridized carbons (Fsp3) is 0.208. The Morgan fingerprint density at radius 1 is 1.00 bits per heavy atom. The van der Waals surface area contributed by atoms with Crippen molar-refractivity contribution < 1.29 is 14.0 Å². The zero-order valence-corrected chi connectivity index (χ0v) is 18.6. The lowest BCUT2D eigenvalue weighted by Crippen LogP contribution is -2.51. The number of nitrogens with one attached hydrogen (secondary N) is 1. The van der Waals surface area contributed by atoms with E-state index >= 15 is 0 Å². The first-order valence-corrected chi connectivity index (χ1v) is 11.5. The molecule has 2 aromatic heterocycles. The van der Waals surface area contributed by atoms with Crippen LogP contribution in [0.1, 0.15) is 10.4 Å². The quantitative estimate of drug-likeness (QED) is 0.493. The maximum atomic E-state index is 13.1. The molecule has 0 atom stereocenters. The summed E-state index contributed by atoms with van der Waals surface area (Å²) in [5.41, 5.74) is 2.27. The second-order valence-corrected chi connectivity index (χ2v) is 8.81. The van der Waals surface area contributed by atoms with E-state index in [4.69, 9.17) is 0 Å². The Kier molecular flexibility index (Phi) is 5.78. The van der Waals surface area contributed by atoms with Gasteiger partial charge in [-0.15, -0.1) is 0 Å². The van der Waals surface area contributed by atoms with Gasteiger partial charge < -0.3 is 19.7 Å². The topological polar surface area (TPSA) is 70.5 Å². The lowest BCUT2D eigenvalue weighted by atomic mass is 10.2. The van der Waals surface area contributed by atoms with Crippen molar-refractivity contribution in [2.24, 2.45) is 0 Å². The second kappa shape index (κ2) is 9.03. The summed E-state index contributed by atoms with van der Waals surface area (Å²) in [5.74, 6) is -0.666. The molecule has 5 rings (SSSR count). The van der Waals surface area contributed by atoms with Gasteiger partial charge in [0.1, 0.15) is 5.82 Å². The third-order valence-electron chi connectivity index (χ3n) is 5.69. The average Bonchev–Trinajstić information content (AvgIpc) is 3.52. The Hall–Kier alpha value is -3.72. The fourth-order valence-electron chi connectivity index (χ4n) is 3.86. The minimum Gasteiger partial charge on any atom is -0.368 e. The average molecular weight is 464 g/mol. The first-order valence-electron chi connectivity index (χ1n) is 10.7. The SMILES string of the molecule is O=C(NCC(=O)N1CCN(c2ccc(F)cc2)CC1)c1ccc2nc(-n3cccc3)sc2c1. The molecule has 1 N–H and O–H groups in total. The minimum absolute atomic E-state index is 0.0509. The summed E-state index contributed by atoms with van der Waals surface area (Å²) in [5, 5.41) is 3.57. The third-order valence-corrected chi connectivity index (χ3v) is 6.72. The van der Waals surface area contributed by atoms with Crippen LogP contribution in [0.15, 0.2) is 67.0 Å². The van der Waals surface area contributed by atoms with Crippen molar-refractivity contribution in [3.63, 3.8) is 0 Å². The van der Waals surface area contributed by atoms with E-state index in [2.05, 4.69) is 15.2 Å². The molecular weight excluding hydrogens is 441 g/mol. The van der Waals surface area contributed by atoms with Gasteiger partial charge in [0.05, 0.1) is 16.8 Å². The molecule has 33 heavy (non-hydrogen) atoms. The molecule has 9 heteroatoms. The highest BCUT2D eigenvalue weighted by atomic mass is 32.1. The van der Waals surface area contributed by atoms with Crippen LogP contribution in [0, 0.1) is 5.82 Å². The van der Waals surface area contributed by atoms with Crippen LogP contribution in [-0.4, -0.2) is 59.0 Å². The molecular formula is C24H22FN5O2S. The summed E-state index contributed by atoms with van der Waals surface area (Å²) in [6.45, 7) is 2.39. The predicted octanol–water partition coefficient (Wildman–Crippen LogP) is 3.30. The van der Waals surface area contributed by atoms with Gasteiger partial charge in [-0.2, -0.15) is 0 Å².